The normalized spacial score (nSPS) is 15.4. The van der Waals surface area contributed by atoms with Crippen molar-refractivity contribution in [1.29, 1.82) is 0 Å². The molecule has 0 N–H and O–H groups in total. The number of halogens is 1. The van der Waals surface area contributed by atoms with Crippen molar-refractivity contribution in [1.82, 2.24) is 9.97 Å². The maximum Gasteiger partial charge on any atom is 0.234 e. The van der Waals surface area contributed by atoms with Crippen molar-refractivity contribution in [3.8, 4) is 5.88 Å². The van der Waals surface area contributed by atoms with E-state index in [4.69, 9.17) is 4.74 Å². The van der Waals surface area contributed by atoms with Crippen LogP contribution < -0.4 is 9.64 Å². The Labute approximate surface area is 123 Å². The summed E-state index contributed by atoms with van der Waals surface area (Å²) in [5.74, 6) is 1.57. The van der Waals surface area contributed by atoms with Crippen LogP contribution in [0, 0.1) is 0 Å². The van der Waals surface area contributed by atoms with E-state index < -0.39 is 0 Å². The predicted molar refractivity (Wildman–Crippen MR) is 81.2 cm³/mol. The number of alkyl halides is 1. The summed E-state index contributed by atoms with van der Waals surface area (Å²) in [5, 5.41) is 1.02. The SMILES string of the molecule is CC(C)Oc1cncc(N(CCCBr)C2CCC2)n1. The summed E-state index contributed by atoms with van der Waals surface area (Å²) in [5.41, 5.74) is 0. The highest BCUT2D eigenvalue weighted by atomic mass is 79.9. The molecule has 0 radical (unpaired) electrons. The Hall–Kier alpha value is -0.840. The number of nitrogens with zero attached hydrogens (tertiary/aromatic N) is 3. The lowest BCUT2D eigenvalue weighted by Crippen LogP contribution is -2.41. The van der Waals surface area contributed by atoms with Crippen LogP contribution in [0.4, 0.5) is 5.82 Å². The lowest BCUT2D eigenvalue weighted by atomic mass is 9.91. The Morgan fingerprint density at radius 1 is 1.42 bits per heavy atom. The van der Waals surface area contributed by atoms with Gasteiger partial charge in [-0.2, -0.15) is 4.98 Å². The molecule has 1 fully saturated rings. The molecule has 1 aromatic rings. The molecule has 0 aromatic carbocycles. The number of hydrogen-bond acceptors (Lipinski definition) is 4. The van der Waals surface area contributed by atoms with Gasteiger partial charge in [-0.15, -0.1) is 0 Å². The van der Waals surface area contributed by atoms with Gasteiger partial charge in [-0.3, -0.25) is 4.98 Å². The smallest absolute Gasteiger partial charge is 0.234 e. The number of anilines is 1. The van der Waals surface area contributed by atoms with E-state index in [1.807, 2.05) is 20.0 Å². The van der Waals surface area contributed by atoms with Crippen molar-refractivity contribution in [2.45, 2.75) is 51.7 Å². The van der Waals surface area contributed by atoms with E-state index in [1.54, 1.807) is 6.20 Å². The molecule has 0 spiro atoms. The Morgan fingerprint density at radius 2 is 2.21 bits per heavy atom. The highest BCUT2D eigenvalue weighted by molar-refractivity contribution is 9.09. The molecule has 0 atom stereocenters. The van der Waals surface area contributed by atoms with Crippen LogP contribution in [0.25, 0.3) is 0 Å². The van der Waals surface area contributed by atoms with E-state index in [0.29, 0.717) is 11.9 Å². The van der Waals surface area contributed by atoms with Crippen molar-refractivity contribution in [2.75, 3.05) is 16.8 Å². The molecule has 0 aliphatic heterocycles. The standard InChI is InChI=1S/C14H22BrN3O/c1-11(2)19-14-10-16-9-13(17-14)18(8-4-7-15)12-5-3-6-12/h9-12H,3-8H2,1-2H3. The lowest BCUT2D eigenvalue weighted by molar-refractivity contribution is 0.231. The Bertz CT molecular complexity index is 396. The molecule has 0 saturated heterocycles. The van der Waals surface area contributed by atoms with E-state index in [1.165, 1.54) is 19.3 Å². The molecule has 19 heavy (non-hydrogen) atoms. The van der Waals surface area contributed by atoms with Gasteiger partial charge in [0, 0.05) is 17.9 Å². The summed E-state index contributed by atoms with van der Waals surface area (Å²) in [7, 11) is 0. The fourth-order valence-corrected chi connectivity index (χ4v) is 2.44. The predicted octanol–water partition coefficient (Wildman–Crippen LogP) is 3.41. The molecule has 0 unspecified atom stereocenters. The van der Waals surface area contributed by atoms with Crippen molar-refractivity contribution >= 4 is 21.7 Å². The van der Waals surface area contributed by atoms with Crippen molar-refractivity contribution < 1.29 is 4.74 Å². The van der Waals surface area contributed by atoms with Gasteiger partial charge in [-0.25, -0.2) is 0 Å². The molecule has 0 bridgehead atoms. The fourth-order valence-electron chi connectivity index (χ4n) is 2.19. The Balaban J connectivity index is 2.10. The first-order valence-corrected chi connectivity index (χ1v) is 8.14. The third-order valence-electron chi connectivity index (χ3n) is 3.30. The molecule has 4 nitrogen and oxygen atoms in total. The van der Waals surface area contributed by atoms with E-state index in [0.717, 1.165) is 24.1 Å². The van der Waals surface area contributed by atoms with E-state index in [2.05, 4.69) is 30.8 Å². The van der Waals surface area contributed by atoms with Crippen LogP contribution in [0.3, 0.4) is 0 Å². The third kappa shape index (κ3) is 4.06. The van der Waals surface area contributed by atoms with E-state index in [-0.39, 0.29) is 6.10 Å². The number of aromatic nitrogens is 2. The Kier molecular flexibility index (Phi) is 5.43. The lowest BCUT2D eigenvalue weighted by Gasteiger charge is -2.38. The van der Waals surface area contributed by atoms with Gasteiger partial charge in [0.2, 0.25) is 5.88 Å². The second-order valence-corrected chi connectivity index (χ2v) is 6.00. The first-order valence-electron chi connectivity index (χ1n) is 7.02. The topological polar surface area (TPSA) is 38.2 Å². The molecule has 1 aliphatic carbocycles. The largest absolute Gasteiger partial charge is 0.474 e. The van der Waals surface area contributed by atoms with Crippen LogP contribution in [0.15, 0.2) is 12.4 Å². The van der Waals surface area contributed by atoms with E-state index in [9.17, 15) is 0 Å². The van der Waals surface area contributed by atoms with Crippen molar-refractivity contribution in [3.05, 3.63) is 12.4 Å². The number of hydrogen-bond donors (Lipinski definition) is 0. The first kappa shape index (κ1) is 14.6. The van der Waals surface area contributed by atoms with Crippen LogP contribution in [-0.4, -0.2) is 34.0 Å². The van der Waals surface area contributed by atoms with Gasteiger partial charge in [0.05, 0.1) is 18.5 Å². The molecule has 1 heterocycles. The minimum Gasteiger partial charge on any atom is -0.474 e. The summed E-state index contributed by atoms with van der Waals surface area (Å²) >= 11 is 3.50. The van der Waals surface area contributed by atoms with Gasteiger partial charge in [0.1, 0.15) is 0 Å². The number of ether oxygens (including phenoxy) is 1. The second-order valence-electron chi connectivity index (χ2n) is 5.20. The maximum absolute atomic E-state index is 5.63. The fraction of sp³-hybridized carbons (Fsp3) is 0.714. The third-order valence-corrected chi connectivity index (χ3v) is 3.86. The van der Waals surface area contributed by atoms with Gasteiger partial charge in [-0.1, -0.05) is 15.9 Å². The molecule has 1 aromatic heterocycles. The Morgan fingerprint density at radius 3 is 2.79 bits per heavy atom. The zero-order valence-corrected chi connectivity index (χ0v) is 13.3. The van der Waals surface area contributed by atoms with Crippen molar-refractivity contribution in [3.63, 3.8) is 0 Å². The zero-order valence-electron chi connectivity index (χ0n) is 11.7. The molecule has 1 saturated carbocycles. The quantitative estimate of drug-likeness (QED) is 0.719. The molecular formula is C14H22BrN3O. The zero-order chi connectivity index (χ0) is 13.7. The van der Waals surface area contributed by atoms with Crippen LogP contribution in [0.5, 0.6) is 5.88 Å². The summed E-state index contributed by atoms with van der Waals surface area (Å²) in [6.07, 6.45) is 8.63. The van der Waals surface area contributed by atoms with Crippen LogP contribution in [0.1, 0.15) is 39.5 Å². The number of rotatable bonds is 7. The minimum absolute atomic E-state index is 0.129. The van der Waals surface area contributed by atoms with Crippen LogP contribution in [-0.2, 0) is 0 Å². The van der Waals surface area contributed by atoms with E-state index >= 15 is 0 Å². The van der Waals surface area contributed by atoms with Crippen molar-refractivity contribution in [2.24, 2.45) is 0 Å². The monoisotopic (exact) mass is 327 g/mol. The molecule has 2 rings (SSSR count). The first-order chi connectivity index (χ1) is 9.20. The van der Waals surface area contributed by atoms with Crippen LogP contribution >= 0.6 is 15.9 Å². The second kappa shape index (κ2) is 7.08. The average Bonchev–Trinajstić information content (AvgIpc) is 2.31. The van der Waals surface area contributed by atoms with Gasteiger partial charge in [-0.05, 0) is 39.5 Å². The molecule has 1 aliphatic rings. The summed E-state index contributed by atoms with van der Waals surface area (Å²) in [6, 6.07) is 0.627. The average molecular weight is 328 g/mol. The van der Waals surface area contributed by atoms with Crippen LogP contribution in [0.2, 0.25) is 0 Å². The van der Waals surface area contributed by atoms with Gasteiger partial charge in [0.25, 0.3) is 0 Å². The maximum atomic E-state index is 5.63. The molecule has 0 amide bonds. The summed E-state index contributed by atoms with van der Waals surface area (Å²) in [4.78, 5) is 11.2. The van der Waals surface area contributed by atoms with Gasteiger partial charge in [0.15, 0.2) is 5.82 Å². The minimum atomic E-state index is 0.129. The summed E-state index contributed by atoms with van der Waals surface area (Å²) in [6.45, 7) is 5.03. The summed E-state index contributed by atoms with van der Waals surface area (Å²) < 4.78 is 5.63. The highest BCUT2D eigenvalue weighted by Crippen LogP contribution is 2.29. The van der Waals surface area contributed by atoms with Gasteiger partial charge >= 0.3 is 0 Å². The van der Waals surface area contributed by atoms with Gasteiger partial charge < -0.3 is 9.64 Å². The molecular weight excluding hydrogens is 306 g/mol. The molecule has 5 heteroatoms. The molecule has 106 valence electrons. The highest BCUT2D eigenvalue weighted by Gasteiger charge is 2.26.